The van der Waals surface area contributed by atoms with Gasteiger partial charge >= 0.3 is 18.9 Å². The van der Waals surface area contributed by atoms with Crippen molar-refractivity contribution in [2.24, 2.45) is 0 Å². The number of halogens is 2. The fourth-order valence-electron chi connectivity index (χ4n) is 3.14. The van der Waals surface area contributed by atoms with Gasteiger partial charge in [-0.2, -0.15) is 0 Å². The summed E-state index contributed by atoms with van der Waals surface area (Å²) < 4.78 is 27.2. The fraction of sp³-hybridized carbons (Fsp3) is 0.227. The number of phenolic OH excluding ortho intramolecular Hbond substituents is 1. The van der Waals surface area contributed by atoms with Gasteiger partial charge < -0.3 is 20.6 Å². The van der Waals surface area contributed by atoms with Crippen LogP contribution >= 0.6 is 0 Å². The monoisotopic (exact) mass is 435 g/mol. The number of nitrogens with one attached hydrogen (secondary N) is 1. The van der Waals surface area contributed by atoms with Crippen molar-refractivity contribution >= 4 is 23.0 Å². The third kappa shape index (κ3) is 4.84. The summed E-state index contributed by atoms with van der Waals surface area (Å²) in [5, 5.41) is 17.3. The number of hydrogen-bond acceptors (Lipinski definition) is 5. The van der Waals surface area contributed by atoms with Crippen LogP contribution in [0.3, 0.4) is 0 Å². The molecule has 2 N–H and O–H groups in total. The van der Waals surface area contributed by atoms with Gasteiger partial charge in [-0.05, 0) is 24.3 Å². The Labute approximate surface area is 194 Å². The van der Waals surface area contributed by atoms with Gasteiger partial charge in [0.15, 0.2) is 5.75 Å². The van der Waals surface area contributed by atoms with Gasteiger partial charge in [-0.1, -0.05) is 36.7 Å². The summed E-state index contributed by atoms with van der Waals surface area (Å²) in [6.45, 7) is 1.72. The van der Waals surface area contributed by atoms with Crippen molar-refractivity contribution in [3.63, 3.8) is 0 Å². The van der Waals surface area contributed by atoms with E-state index in [0.717, 1.165) is 18.2 Å². The molecule has 3 rings (SSSR count). The summed E-state index contributed by atoms with van der Waals surface area (Å²) in [4.78, 5) is 37.7. The van der Waals surface area contributed by atoms with E-state index in [1.54, 1.807) is 6.92 Å². The zero-order chi connectivity index (χ0) is 22.9. The van der Waals surface area contributed by atoms with Crippen LogP contribution in [-0.2, 0) is 0 Å². The molecule has 0 saturated carbocycles. The topological polar surface area (TPSA) is 101 Å². The molecule has 32 heavy (non-hydrogen) atoms. The van der Waals surface area contributed by atoms with Crippen molar-refractivity contribution in [1.29, 1.82) is 0 Å². The number of anilines is 2. The Morgan fingerprint density at radius 1 is 1.12 bits per heavy atom. The molecule has 0 spiro atoms. The van der Waals surface area contributed by atoms with Gasteiger partial charge in [0.2, 0.25) is 10.9 Å². The van der Waals surface area contributed by atoms with Crippen molar-refractivity contribution in [3.8, 4) is 5.75 Å². The van der Waals surface area contributed by atoms with Crippen LogP contribution in [0.4, 0.5) is 25.8 Å². The molecule has 0 heterocycles. The second kappa shape index (κ2) is 9.98. The maximum absolute atomic E-state index is 13.6. The Morgan fingerprint density at radius 3 is 2.31 bits per heavy atom. The molecule has 7 nitrogen and oxygen atoms in total. The summed E-state index contributed by atoms with van der Waals surface area (Å²) in [6.07, 6.45) is 0.319. The van der Waals surface area contributed by atoms with E-state index in [0.29, 0.717) is 6.42 Å². The molecule has 162 valence electrons. The zero-order valence-corrected chi connectivity index (χ0v) is 18.1. The number of aromatic hydroxyl groups is 1. The number of amides is 1. The summed E-state index contributed by atoms with van der Waals surface area (Å²) in [7, 11) is 3.05. The minimum Gasteiger partial charge on any atom is -0.673 e. The van der Waals surface area contributed by atoms with Gasteiger partial charge in [0.05, 0.1) is 16.9 Å². The molecule has 0 radical (unpaired) electrons. The van der Waals surface area contributed by atoms with Crippen LogP contribution < -0.4 is 35.0 Å². The first-order valence-electron chi connectivity index (χ1n) is 9.44. The first-order chi connectivity index (χ1) is 14.6. The van der Waals surface area contributed by atoms with Crippen LogP contribution in [0.25, 0.3) is 5.32 Å². The molecule has 10 heteroatoms. The largest absolute Gasteiger partial charge is 1.00 e. The summed E-state index contributed by atoms with van der Waals surface area (Å²) >= 11 is 0. The number of carbonyl (C=O) groups excluding carboxylic acids is 1. The van der Waals surface area contributed by atoms with Crippen molar-refractivity contribution in [3.05, 3.63) is 84.9 Å². The quantitative estimate of drug-likeness (QED) is 0.326. The molecule has 0 fully saturated rings. The molecule has 1 atom stereocenters. The van der Waals surface area contributed by atoms with Crippen LogP contribution in [-0.4, -0.2) is 30.0 Å². The van der Waals surface area contributed by atoms with E-state index in [9.17, 15) is 28.3 Å². The normalized spacial score (nSPS) is 11.5. The Morgan fingerprint density at radius 2 is 1.75 bits per heavy atom. The van der Waals surface area contributed by atoms with Gasteiger partial charge in [-0.15, -0.1) is 0 Å². The van der Waals surface area contributed by atoms with Crippen molar-refractivity contribution in [2.75, 3.05) is 19.4 Å². The number of hydrogen-bond donors (Lipinski definition) is 2. The second-order valence-corrected chi connectivity index (χ2v) is 7.16. The van der Waals surface area contributed by atoms with Gasteiger partial charge in [0, 0.05) is 20.2 Å². The first kappa shape index (κ1) is 25.1. The molecule has 0 aliphatic carbocycles. The Hall–Kier alpha value is -3.15. The Bertz CT molecular complexity index is 1200. The van der Waals surface area contributed by atoms with Crippen LogP contribution in [0.15, 0.2) is 46.0 Å². The van der Waals surface area contributed by atoms with Crippen molar-refractivity contribution in [1.82, 2.24) is 4.90 Å². The summed E-state index contributed by atoms with van der Waals surface area (Å²) in [5.74, 6) is -2.40. The molecule has 1 amide bonds. The summed E-state index contributed by atoms with van der Waals surface area (Å²) in [5.41, 5.74) is -1.77. The molecule has 0 saturated heterocycles. The number of para-hydroxylation sites is 1. The Balaban J connectivity index is 0.00000363. The maximum Gasteiger partial charge on any atom is 1.00 e. The van der Waals surface area contributed by atoms with Crippen molar-refractivity contribution in [2.45, 2.75) is 19.4 Å². The SMILES string of the molecule is CCC([N-]c1c(Nc2cccc(C(=O)N(C)C)c2O)c(=O)c1=O)c1cc(F)cc(F)c1.[Li+]. The van der Waals surface area contributed by atoms with Gasteiger partial charge in [-0.25, -0.2) is 8.78 Å². The maximum atomic E-state index is 13.6. The molecule has 0 aromatic heterocycles. The molecule has 0 bridgehead atoms. The van der Waals surface area contributed by atoms with E-state index in [1.165, 1.54) is 37.2 Å². The van der Waals surface area contributed by atoms with E-state index < -0.39 is 34.4 Å². The average molecular weight is 435 g/mol. The number of benzene rings is 2. The van der Waals surface area contributed by atoms with Gasteiger partial charge in [0.1, 0.15) is 11.6 Å². The minimum atomic E-state index is -0.849. The minimum absolute atomic E-state index is 0. The number of phenols is 1. The molecular formula is C22H20F2LiN3O4. The summed E-state index contributed by atoms with van der Waals surface area (Å²) in [6, 6.07) is 6.55. The van der Waals surface area contributed by atoms with E-state index in [2.05, 4.69) is 10.6 Å². The second-order valence-electron chi connectivity index (χ2n) is 7.16. The predicted octanol–water partition coefficient (Wildman–Crippen LogP) is 0.872. The van der Waals surface area contributed by atoms with E-state index in [4.69, 9.17) is 0 Å². The third-order valence-electron chi connectivity index (χ3n) is 4.76. The molecule has 3 aromatic carbocycles. The first-order valence-corrected chi connectivity index (χ1v) is 9.44. The Kier molecular flexibility index (Phi) is 7.83. The molecule has 0 aliphatic rings. The standard InChI is InChI=1S/C22H21F2N3O4.Li/c1-4-15(11-8-12(23)10-13(24)9-11)25-17-18(21(30)20(17)29)26-16-7-5-6-14(19(16)28)22(31)27(2)3;/h5-10,15H,4H2,1-3H3,(H3,25,26,28,29,30,31);/q;+1/p-1. The zero-order valence-electron chi connectivity index (χ0n) is 18.1. The predicted molar refractivity (Wildman–Crippen MR) is 113 cm³/mol. The number of rotatable bonds is 7. The van der Waals surface area contributed by atoms with Crippen LogP contribution in [0, 0.1) is 11.6 Å². The van der Waals surface area contributed by atoms with Crippen molar-refractivity contribution < 1.29 is 37.5 Å². The third-order valence-corrected chi connectivity index (χ3v) is 4.76. The molecule has 0 aliphatic heterocycles. The van der Waals surface area contributed by atoms with E-state index in [1.807, 2.05) is 0 Å². The van der Waals surface area contributed by atoms with Crippen LogP contribution in [0.1, 0.15) is 35.3 Å². The van der Waals surface area contributed by atoms with Gasteiger partial charge in [-0.3, -0.25) is 14.4 Å². The van der Waals surface area contributed by atoms with Crippen LogP contribution in [0.5, 0.6) is 5.75 Å². The molecule has 1 unspecified atom stereocenters. The average Bonchev–Trinajstić information content (AvgIpc) is 2.72. The number of nitrogens with zero attached hydrogens (tertiary/aromatic N) is 2. The fourth-order valence-corrected chi connectivity index (χ4v) is 3.14. The van der Waals surface area contributed by atoms with Crippen LogP contribution in [0.2, 0.25) is 0 Å². The van der Waals surface area contributed by atoms with Gasteiger partial charge in [0.25, 0.3) is 5.91 Å². The molecule has 3 aromatic rings. The van der Waals surface area contributed by atoms with E-state index in [-0.39, 0.29) is 52.8 Å². The molecular weight excluding hydrogens is 415 g/mol. The smallest absolute Gasteiger partial charge is 0.673 e. The van der Waals surface area contributed by atoms with E-state index >= 15 is 0 Å². The number of carbonyl (C=O) groups is 1.